The highest BCUT2D eigenvalue weighted by molar-refractivity contribution is 7.15. The summed E-state index contributed by atoms with van der Waals surface area (Å²) in [6, 6.07) is 8.31. The van der Waals surface area contributed by atoms with Gasteiger partial charge in [-0.15, -0.1) is 10.2 Å². The molecule has 1 aliphatic heterocycles. The summed E-state index contributed by atoms with van der Waals surface area (Å²) < 4.78 is 5.25. The Kier molecular flexibility index (Phi) is 5.17. The quantitative estimate of drug-likeness (QED) is 0.844. The highest BCUT2D eigenvalue weighted by atomic mass is 32.1. The van der Waals surface area contributed by atoms with Crippen molar-refractivity contribution in [1.82, 2.24) is 15.5 Å². The van der Waals surface area contributed by atoms with Crippen molar-refractivity contribution in [3.63, 3.8) is 0 Å². The Balaban J connectivity index is 1.35. The Labute approximate surface area is 157 Å². The van der Waals surface area contributed by atoms with Crippen LogP contribution in [0.3, 0.4) is 0 Å². The third-order valence-corrected chi connectivity index (χ3v) is 6.20. The summed E-state index contributed by atoms with van der Waals surface area (Å²) in [6.45, 7) is 0. The predicted octanol–water partition coefficient (Wildman–Crippen LogP) is 3.00. The van der Waals surface area contributed by atoms with Crippen LogP contribution in [-0.2, 0) is 11.2 Å². The number of anilines is 1. The summed E-state index contributed by atoms with van der Waals surface area (Å²) >= 11 is 1.43. The largest absolute Gasteiger partial charge is 0.497 e. The Morgan fingerprint density at radius 3 is 3.08 bits per heavy atom. The van der Waals surface area contributed by atoms with Crippen LogP contribution in [0.5, 0.6) is 5.75 Å². The lowest BCUT2D eigenvalue weighted by atomic mass is 9.85. The van der Waals surface area contributed by atoms with Gasteiger partial charge in [0, 0.05) is 12.5 Å². The summed E-state index contributed by atoms with van der Waals surface area (Å²) in [5, 5.41) is 16.2. The molecule has 1 aliphatic carbocycles. The van der Waals surface area contributed by atoms with Gasteiger partial charge < -0.3 is 10.1 Å². The summed E-state index contributed by atoms with van der Waals surface area (Å²) in [7, 11) is 1.66. The molecule has 2 heterocycles. The van der Waals surface area contributed by atoms with E-state index >= 15 is 0 Å². The second-order valence-electron chi connectivity index (χ2n) is 7.12. The van der Waals surface area contributed by atoms with Crippen molar-refractivity contribution in [2.24, 2.45) is 5.92 Å². The molecule has 1 amide bonds. The summed E-state index contributed by atoms with van der Waals surface area (Å²) in [6.07, 6.45) is 6.61. The second-order valence-corrected chi connectivity index (χ2v) is 8.19. The number of methoxy groups -OCH3 is 1. The van der Waals surface area contributed by atoms with Crippen molar-refractivity contribution in [2.45, 2.75) is 50.6 Å². The number of rotatable bonds is 5. The fraction of sp³-hybridized carbons (Fsp3) is 0.526. The van der Waals surface area contributed by atoms with Crippen molar-refractivity contribution in [3.8, 4) is 5.75 Å². The molecule has 138 valence electrons. The summed E-state index contributed by atoms with van der Waals surface area (Å²) in [5.41, 5.74) is 1.11. The minimum absolute atomic E-state index is 0.0171. The van der Waals surface area contributed by atoms with E-state index in [1.165, 1.54) is 37.0 Å². The van der Waals surface area contributed by atoms with Crippen LogP contribution in [0.25, 0.3) is 0 Å². The maximum atomic E-state index is 12.6. The molecule has 3 unspecified atom stereocenters. The van der Waals surface area contributed by atoms with E-state index in [9.17, 15) is 4.79 Å². The number of aromatic nitrogens is 2. The number of hydrogen-bond donors (Lipinski definition) is 2. The molecule has 6 nitrogen and oxygen atoms in total. The molecule has 1 saturated carbocycles. The first-order valence-electron chi connectivity index (χ1n) is 9.23. The molecule has 26 heavy (non-hydrogen) atoms. The maximum Gasteiger partial charge on any atom is 0.243 e. The van der Waals surface area contributed by atoms with E-state index in [4.69, 9.17) is 4.74 Å². The van der Waals surface area contributed by atoms with Crippen LogP contribution in [0.4, 0.5) is 5.13 Å². The number of amides is 1. The topological polar surface area (TPSA) is 76.1 Å². The van der Waals surface area contributed by atoms with Crippen LogP contribution in [0.1, 0.15) is 42.7 Å². The van der Waals surface area contributed by atoms with Crippen LogP contribution < -0.4 is 15.4 Å². The standard InChI is InChI=1S/C19H24N4O2S/c1-25-14-7-4-5-12(9-14)10-17-22-23-19(26-17)21-18(24)16-11-13-6-2-3-8-15(13)20-16/h4-5,7,9,13,15-16,20H,2-3,6,8,10-11H2,1H3,(H,21,23,24). The Hall–Kier alpha value is -1.99. The van der Waals surface area contributed by atoms with Crippen LogP contribution in [0.2, 0.25) is 0 Å². The van der Waals surface area contributed by atoms with E-state index in [0.717, 1.165) is 22.7 Å². The Morgan fingerprint density at radius 2 is 2.23 bits per heavy atom. The van der Waals surface area contributed by atoms with Crippen molar-refractivity contribution in [3.05, 3.63) is 34.8 Å². The van der Waals surface area contributed by atoms with Crippen LogP contribution in [0.15, 0.2) is 24.3 Å². The molecule has 2 aliphatic rings. The number of carbonyl (C=O) groups excluding carboxylic acids is 1. The van der Waals surface area contributed by atoms with Crippen molar-refractivity contribution in [1.29, 1.82) is 0 Å². The third-order valence-electron chi connectivity index (χ3n) is 5.37. The summed E-state index contributed by atoms with van der Waals surface area (Å²) in [5.74, 6) is 1.50. The van der Waals surface area contributed by atoms with Crippen LogP contribution in [0, 0.1) is 5.92 Å². The molecule has 1 aromatic heterocycles. The molecule has 7 heteroatoms. The Morgan fingerprint density at radius 1 is 1.35 bits per heavy atom. The molecule has 0 radical (unpaired) electrons. The van der Waals surface area contributed by atoms with Gasteiger partial charge >= 0.3 is 0 Å². The van der Waals surface area contributed by atoms with E-state index in [2.05, 4.69) is 20.8 Å². The van der Waals surface area contributed by atoms with Crippen molar-refractivity contribution in [2.75, 3.05) is 12.4 Å². The molecular formula is C19H24N4O2S. The van der Waals surface area contributed by atoms with Gasteiger partial charge in [0.05, 0.1) is 13.2 Å². The average Bonchev–Trinajstić information content (AvgIpc) is 3.28. The van der Waals surface area contributed by atoms with E-state index in [-0.39, 0.29) is 11.9 Å². The monoisotopic (exact) mass is 372 g/mol. The SMILES string of the molecule is COc1cccc(Cc2nnc(NC(=O)C3CC4CCCCC4N3)s2)c1. The fourth-order valence-electron chi connectivity index (χ4n) is 4.05. The van der Waals surface area contributed by atoms with Gasteiger partial charge in [0.25, 0.3) is 0 Å². The van der Waals surface area contributed by atoms with Gasteiger partial charge in [-0.3, -0.25) is 10.1 Å². The van der Waals surface area contributed by atoms with Crippen molar-refractivity contribution < 1.29 is 9.53 Å². The maximum absolute atomic E-state index is 12.6. The average molecular weight is 372 g/mol. The summed E-state index contributed by atoms with van der Waals surface area (Å²) in [4.78, 5) is 12.6. The van der Waals surface area contributed by atoms with Gasteiger partial charge in [-0.2, -0.15) is 0 Å². The number of carbonyl (C=O) groups is 1. The number of benzene rings is 1. The molecule has 1 saturated heterocycles. The van der Waals surface area contributed by atoms with Gasteiger partial charge in [0.2, 0.25) is 11.0 Å². The first-order chi connectivity index (χ1) is 12.7. The van der Waals surface area contributed by atoms with E-state index in [1.54, 1.807) is 7.11 Å². The van der Waals surface area contributed by atoms with Gasteiger partial charge in [-0.05, 0) is 42.9 Å². The minimum Gasteiger partial charge on any atom is -0.497 e. The highest BCUT2D eigenvalue weighted by Crippen LogP contribution is 2.33. The molecular weight excluding hydrogens is 348 g/mol. The number of hydrogen-bond acceptors (Lipinski definition) is 6. The lowest BCUT2D eigenvalue weighted by molar-refractivity contribution is -0.117. The normalized spacial score (nSPS) is 24.9. The molecule has 2 aromatic rings. The zero-order valence-electron chi connectivity index (χ0n) is 14.9. The second kappa shape index (κ2) is 7.72. The third kappa shape index (κ3) is 3.88. The van der Waals surface area contributed by atoms with Crippen LogP contribution >= 0.6 is 11.3 Å². The first kappa shape index (κ1) is 17.4. The minimum atomic E-state index is -0.103. The molecule has 2 fully saturated rings. The number of nitrogens with zero attached hydrogens (tertiary/aromatic N) is 2. The van der Waals surface area contributed by atoms with E-state index < -0.39 is 0 Å². The van der Waals surface area contributed by atoms with E-state index in [1.807, 2.05) is 24.3 Å². The zero-order chi connectivity index (χ0) is 17.9. The number of fused-ring (bicyclic) bond motifs is 1. The lowest BCUT2D eigenvalue weighted by Crippen LogP contribution is -2.39. The van der Waals surface area contributed by atoms with E-state index in [0.29, 0.717) is 23.5 Å². The first-order valence-corrected chi connectivity index (χ1v) is 10.0. The molecule has 3 atom stereocenters. The molecule has 2 N–H and O–H groups in total. The van der Waals surface area contributed by atoms with Crippen molar-refractivity contribution >= 4 is 22.4 Å². The molecule has 1 aromatic carbocycles. The Bertz CT molecular complexity index is 764. The predicted molar refractivity (Wildman–Crippen MR) is 102 cm³/mol. The van der Waals surface area contributed by atoms with Gasteiger partial charge in [0.15, 0.2) is 0 Å². The van der Waals surface area contributed by atoms with Gasteiger partial charge in [-0.25, -0.2) is 0 Å². The van der Waals surface area contributed by atoms with Gasteiger partial charge in [0.1, 0.15) is 10.8 Å². The number of ether oxygens (including phenoxy) is 1. The highest BCUT2D eigenvalue weighted by Gasteiger charge is 2.38. The van der Waals surface area contributed by atoms with Gasteiger partial charge in [-0.1, -0.05) is 36.3 Å². The number of nitrogens with one attached hydrogen (secondary N) is 2. The lowest BCUT2D eigenvalue weighted by Gasteiger charge is -2.24. The molecule has 0 bridgehead atoms. The fourth-order valence-corrected chi connectivity index (χ4v) is 4.82. The molecule has 0 spiro atoms. The molecule has 4 rings (SSSR count). The smallest absolute Gasteiger partial charge is 0.243 e. The van der Waals surface area contributed by atoms with Crippen LogP contribution in [-0.4, -0.2) is 35.3 Å². The zero-order valence-corrected chi connectivity index (χ0v) is 15.7.